The number of imidazole rings is 1. The van der Waals surface area contributed by atoms with Crippen LogP contribution in [0.1, 0.15) is 238 Å². The number of esters is 1. The van der Waals surface area contributed by atoms with Crippen molar-refractivity contribution in [3.63, 3.8) is 0 Å². The van der Waals surface area contributed by atoms with Gasteiger partial charge in [0.1, 0.15) is 11.9 Å². The lowest BCUT2D eigenvalue weighted by Crippen LogP contribution is -2.28. The second-order valence-corrected chi connectivity index (χ2v) is 16.0. The minimum absolute atomic E-state index is 0.0543. The lowest BCUT2D eigenvalue weighted by Gasteiger charge is -2.22. The zero-order chi connectivity index (χ0) is 36.9. The fourth-order valence-corrected chi connectivity index (χ4v) is 7.56. The van der Waals surface area contributed by atoms with Gasteiger partial charge in [-0.2, -0.15) is 0 Å². The first kappa shape index (κ1) is 47.7. The van der Waals surface area contributed by atoms with Crippen molar-refractivity contribution >= 4 is 5.97 Å². The zero-order valence-corrected chi connectivity index (χ0v) is 35.1. The van der Waals surface area contributed by atoms with Crippen molar-refractivity contribution in [1.29, 1.82) is 0 Å². The van der Waals surface area contributed by atoms with Crippen LogP contribution in [0.25, 0.3) is 0 Å². The topological polar surface area (TPSA) is 47.4 Å². The molecule has 0 aliphatic rings. The van der Waals surface area contributed by atoms with Crippen LogP contribution < -0.4 is 0 Å². The lowest BCUT2D eigenvalue weighted by molar-refractivity contribution is -0.150. The number of nitrogens with zero attached hydrogens (tertiary/aromatic N) is 3. The molecule has 1 aromatic rings. The largest absolute Gasteiger partial charge is 0.462 e. The summed E-state index contributed by atoms with van der Waals surface area (Å²) in [7, 11) is 0. The van der Waals surface area contributed by atoms with Crippen LogP contribution in [0, 0.1) is 6.92 Å². The summed E-state index contributed by atoms with van der Waals surface area (Å²) in [6.07, 6.45) is 46.5. The van der Waals surface area contributed by atoms with Crippen LogP contribution in [0.4, 0.5) is 0 Å². The Morgan fingerprint density at radius 3 is 1.39 bits per heavy atom. The molecule has 0 radical (unpaired) electrons. The normalized spacial score (nSPS) is 11.7. The van der Waals surface area contributed by atoms with E-state index in [0.717, 1.165) is 38.1 Å². The Morgan fingerprint density at radius 2 is 0.961 bits per heavy atom. The van der Waals surface area contributed by atoms with E-state index in [0.29, 0.717) is 6.42 Å². The SMILES string of the molecule is CCCCCCCCCCCCCCN(CCCCCCCC(=O)OC(CCCCCCCC)CCCCCCCC)CCCn1ccnc1C. The van der Waals surface area contributed by atoms with E-state index in [1.807, 2.05) is 6.20 Å². The third-order valence-electron chi connectivity index (χ3n) is 11.0. The van der Waals surface area contributed by atoms with Gasteiger partial charge in [0.2, 0.25) is 0 Å². The van der Waals surface area contributed by atoms with Crippen LogP contribution in [0.2, 0.25) is 0 Å². The summed E-state index contributed by atoms with van der Waals surface area (Å²) in [6.45, 7) is 13.7. The Morgan fingerprint density at radius 1 is 0.569 bits per heavy atom. The fourth-order valence-electron chi connectivity index (χ4n) is 7.56. The Hall–Kier alpha value is -1.36. The summed E-state index contributed by atoms with van der Waals surface area (Å²) in [5.74, 6) is 1.18. The smallest absolute Gasteiger partial charge is 0.306 e. The van der Waals surface area contributed by atoms with Gasteiger partial charge < -0.3 is 14.2 Å². The molecule has 0 fully saturated rings. The molecule has 300 valence electrons. The summed E-state index contributed by atoms with van der Waals surface area (Å²) in [6, 6.07) is 0. The molecule has 0 atom stereocenters. The van der Waals surface area contributed by atoms with Crippen LogP contribution in [0.5, 0.6) is 0 Å². The van der Waals surface area contributed by atoms with Crippen LogP contribution in [-0.2, 0) is 16.1 Å². The highest BCUT2D eigenvalue weighted by Crippen LogP contribution is 2.19. The zero-order valence-electron chi connectivity index (χ0n) is 35.1. The van der Waals surface area contributed by atoms with E-state index in [4.69, 9.17) is 4.74 Å². The number of carbonyl (C=O) groups is 1. The highest BCUT2D eigenvalue weighted by Gasteiger charge is 2.14. The molecule has 5 nitrogen and oxygen atoms in total. The molecular weight excluding hydrogens is 627 g/mol. The van der Waals surface area contributed by atoms with Gasteiger partial charge in [-0.1, -0.05) is 175 Å². The molecule has 0 amide bonds. The lowest BCUT2D eigenvalue weighted by atomic mass is 10.0. The van der Waals surface area contributed by atoms with Gasteiger partial charge in [-0.3, -0.25) is 4.79 Å². The Balaban J connectivity index is 2.28. The van der Waals surface area contributed by atoms with Crippen molar-refractivity contribution in [3.8, 4) is 0 Å². The third kappa shape index (κ3) is 30.8. The standard InChI is InChI=1S/C46H89N3O2/c1-5-8-11-14-17-18-19-20-21-22-27-32-39-48(41-34-42-49-43-38-47-44(49)4)40-33-28-23-26-31-37-46(50)51-45(35-29-24-15-12-9-6-2)36-30-25-16-13-10-7-3/h38,43,45H,5-37,39-42H2,1-4H3. The van der Waals surface area contributed by atoms with Crippen molar-refractivity contribution in [2.24, 2.45) is 0 Å². The first-order valence-corrected chi connectivity index (χ1v) is 23.0. The molecule has 51 heavy (non-hydrogen) atoms. The quantitative estimate of drug-likeness (QED) is 0.0501. The first-order chi connectivity index (χ1) is 25.1. The predicted octanol–water partition coefficient (Wildman–Crippen LogP) is 14.3. The second kappa shape index (κ2) is 37.0. The van der Waals surface area contributed by atoms with E-state index in [9.17, 15) is 4.79 Å². The number of ether oxygens (including phenoxy) is 1. The summed E-state index contributed by atoms with van der Waals surface area (Å²) >= 11 is 0. The maximum absolute atomic E-state index is 12.8. The molecule has 0 aliphatic heterocycles. The first-order valence-electron chi connectivity index (χ1n) is 23.0. The second-order valence-electron chi connectivity index (χ2n) is 16.0. The van der Waals surface area contributed by atoms with E-state index >= 15 is 0 Å². The maximum Gasteiger partial charge on any atom is 0.306 e. The van der Waals surface area contributed by atoms with Gasteiger partial charge in [0, 0.05) is 25.4 Å². The summed E-state index contributed by atoms with van der Waals surface area (Å²) in [5, 5.41) is 0. The molecule has 1 heterocycles. The van der Waals surface area contributed by atoms with Crippen LogP contribution in [0.15, 0.2) is 12.4 Å². The number of hydrogen-bond acceptors (Lipinski definition) is 4. The molecule has 0 saturated heterocycles. The van der Waals surface area contributed by atoms with Crippen molar-refractivity contribution in [2.75, 3.05) is 19.6 Å². The van der Waals surface area contributed by atoms with Crippen LogP contribution >= 0.6 is 0 Å². The molecule has 0 bridgehead atoms. The molecule has 0 aromatic carbocycles. The van der Waals surface area contributed by atoms with Crippen molar-refractivity contribution < 1.29 is 9.53 Å². The van der Waals surface area contributed by atoms with Crippen molar-refractivity contribution in [3.05, 3.63) is 18.2 Å². The molecule has 0 unspecified atom stereocenters. The monoisotopic (exact) mass is 716 g/mol. The van der Waals surface area contributed by atoms with E-state index in [2.05, 4.69) is 48.3 Å². The van der Waals surface area contributed by atoms with Crippen molar-refractivity contribution in [1.82, 2.24) is 14.5 Å². The molecule has 0 aliphatic carbocycles. The third-order valence-corrected chi connectivity index (χ3v) is 11.0. The number of rotatable bonds is 40. The predicted molar refractivity (Wildman–Crippen MR) is 223 cm³/mol. The fraction of sp³-hybridized carbons (Fsp3) is 0.913. The molecule has 1 aromatic heterocycles. The molecule has 0 spiro atoms. The van der Waals surface area contributed by atoms with Crippen LogP contribution in [-0.4, -0.2) is 46.2 Å². The van der Waals surface area contributed by atoms with Gasteiger partial charge in [-0.25, -0.2) is 4.98 Å². The van der Waals surface area contributed by atoms with Gasteiger partial charge in [0.05, 0.1) is 0 Å². The Labute approximate surface area is 319 Å². The molecule has 0 N–H and O–H groups in total. The number of unbranched alkanes of at least 4 members (excludes halogenated alkanes) is 25. The van der Waals surface area contributed by atoms with Crippen molar-refractivity contribution in [2.45, 2.75) is 252 Å². The maximum atomic E-state index is 12.8. The highest BCUT2D eigenvalue weighted by molar-refractivity contribution is 5.69. The van der Waals surface area contributed by atoms with Gasteiger partial charge in [0.15, 0.2) is 0 Å². The van der Waals surface area contributed by atoms with Gasteiger partial charge in [-0.15, -0.1) is 0 Å². The molecule has 0 saturated carbocycles. The summed E-state index contributed by atoms with van der Waals surface area (Å²) in [5.41, 5.74) is 0. The van der Waals surface area contributed by atoms with E-state index in [1.54, 1.807) is 0 Å². The van der Waals surface area contributed by atoms with Gasteiger partial charge in [-0.05, 0) is 77.9 Å². The molecular formula is C46H89N3O2. The molecule has 5 heteroatoms. The Bertz CT molecular complexity index is 839. The van der Waals surface area contributed by atoms with Gasteiger partial charge in [0.25, 0.3) is 0 Å². The average Bonchev–Trinajstić information content (AvgIpc) is 3.54. The number of aromatic nitrogens is 2. The number of carbonyl (C=O) groups excluding carboxylic acids is 1. The van der Waals surface area contributed by atoms with E-state index < -0.39 is 0 Å². The number of hydrogen-bond donors (Lipinski definition) is 0. The van der Waals surface area contributed by atoms with Gasteiger partial charge >= 0.3 is 5.97 Å². The number of aryl methyl sites for hydroxylation is 2. The van der Waals surface area contributed by atoms with E-state index in [1.165, 1.54) is 199 Å². The minimum atomic E-state index is 0.0543. The summed E-state index contributed by atoms with van der Waals surface area (Å²) in [4.78, 5) is 19.9. The Kier molecular flexibility index (Phi) is 34.6. The summed E-state index contributed by atoms with van der Waals surface area (Å²) < 4.78 is 8.37. The molecule has 1 rings (SSSR count). The van der Waals surface area contributed by atoms with Crippen LogP contribution in [0.3, 0.4) is 0 Å². The minimum Gasteiger partial charge on any atom is -0.462 e. The highest BCUT2D eigenvalue weighted by atomic mass is 16.5. The van der Waals surface area contributed by atoms with E-state index in [-0.39, 0.29) is 12.1 Å². The average molecular weight is 716 g/mol.